The number of likely N-dealkylation sites (N-methyl/N-ethyl adjacent to an activating group) is 2. The molecule has 1 unspecified atom stereocenters. The molecule has 1 fully saturated rings. The van der Waals surface area contributed by atoms with Crippen molar-refractivity contribution >= 4 is 0 Å². The molecule has 0 saturated heterocycles. The van der Waals surface area contributed by atoms with Crippen LogP contribution in [-0.2, 0) is 9.47 Å². The van der Waals surface area contributed by atoms with Gasteiger partial charge in [-0.3, -0.25) is 0 Å². The number of hydrogen-bond acceptors (Lipinski definition) is 4. The Morgan fingerprint density at radius 3 is 2.73 bits per heavy atom. The zero-order valence-corrected chi connectivity index (χ0v) is 10.2. The third-order valence-corrected chi connectivity index (χ3v) is 2.75. The summed E-state index contributed by atoms with van der Waals surface area (Å²) in [4.78, 5) is 2.38. The Balaban J connectivity index is 2.03. The van der Waals surface area contributed by atoms with Gasteiger partial charge in [-0.2, -0.15) is 0 Å². The predicted molar refractivity (Wildman–Crippen MR) is 61.2 cm³/mol. The molecule has 0 aliphatic heterocycles. The summed E-state index contributed by atoms with van der Waals surface area (Å²) < 4.78 is 10.8. The minimum absolute atomic E-state index is 0.174. The largest absolute Gasteiger partial charge is 0.382 e. The number of ether oxygens (including phenoxy) is 2. The molecule has 90 valence electrons. The maximum Gasteiger partial charge on any atom is 0.0932 e. The minimum Gasteiger partial charge on any atom is -0.382 e. The van der Waals surface area contributed by atoms with Gasteiger partial charge in [0.05, 0.1) is 19.3 Å². The maximum atomic E-state index is 5.74. The lowest BCUT2D eigenvalue weighted by atomic mass is 10.4. The van der Waals surface area contributed by atoms with Crippen LogP contribution in [0.1, 0.15) is 12.8 Å². The quantitative estimate of drug-likeness (QED) is 0.602. The lowest BCUT2D eigenvalue weighted by Gasteiger charge is -2.20. The van der Waals surface area contributed by atoms with Gasteiger partial charge in [-0.25, -0.2) is 0 Å². The van der Waals surface area contributed by atoms with Gasteiger partial charge >= 0.3 is 0 Å². The second-order valence-electron chi connectivity index (χ2n) is 4.22. The molecule has 1 atom stereocenters. The normalized spacial score (nSPS) is 18.4. The fourth-order valence-corrected chi connectivity index (χ4v) is 1.64. The van der Waals surface area contributed by atoms with E-state index in [1.807, 2.05) is 7.05 Å². The van der Waals surface area contributed by atoms with Crippen LogP contribution < -0.4 is 5.32 Å². The number of hydrogen-bond donors (Lipinski definition) is 1. The van der Waals surface area contributed by atoms with E-state index in [-0.39, 0.29) is 6.10 Å². The average molecular weight is 216 g/mol. The van der Waals surface area contributed by atoms with Gasteiger partial charge in [-0.1, -0.05) is 0 Å². The molecule has 1 rings (SSSR count). The first-order valence-electron chi connectivity index (χ1n) is 5.73. The molecule has 0 radical (unpaired) electrons. The topological polar surface area (TPSA) is 33.7 Å². The van der Waals surface area contributed by atoms with E-state index in [1.165, 1.54) is 12.8 Å². The monoisotopic (exact) mass is 216 g/mol. The van der Waals surface area contributed by atoms with Crippen molar-refractivity contribution in [3.8, 4) is 0 Å². The number of nitrogens with zero attached hydrogens (tertiary/aromatic N) is 1. The lowest BCUT2D eigenvalue weighted by Crippen LogP contribution is -2.34. The second kappa shape index (κ2) is 7.17. The van der Waals surface area contributed by atoms with Crippen LogP contribution in [-0.4, -0.2) is 64.6 Å². The smallest absolute Gasteiger partial charge is 0.0932 e. The van der Waals surface area contributed by atoms with E-state index in [9.17, 15) is 0 Å². The summed E-state index contributed by atoms with van der Waals surface area (Å²) in [6.45, 7) is 3.33. The summed E-state index contributed by atoms with van der Waals surface area (Å²) in [5.74, 6) is 0. The fraction of sp³-hybridized carbons (Fsp3) is 1.00. The van der Waals surface area contributed by atoms with E-state index in [2.05, 4.69) is 17.3 Å². The highest BCUT2D eigenvalue weighted by atomic mass is 16.5. The zero-order chi connectivity index (χ0) is 11.1. The van der Waals surface area contributed by atoms with Crippen molar-refractivity contribution in [2.75, 3.05) is 47.5 Å². The first-order valence-corrected chi connectivity index (χ1v) is 5.73. The molecule has 0 aromatic carbocycles. The zero-order valence-electron chi connectivity index (χ0n) is 10.2. The molecule has 1 aliphatic carbocycles. The van der Waals surface area contributed by atoms with E-state index in [1.54, 1.807) is 7.11 Å². The first kappa shape index (κ1) is 12.9. The van der Waals surface area contributed by atoms with Crippen LogP contribution in [0.15, 0.2) is 0 Å². The van der Waals surface area contributed by atoms with Crippen molar-refractivity contribution in [1.29, 1.82) is 0 Å². The Kier molecular flexibility index (Phi) is 6.17. The van der Waals surface area contributed by atoms with E-state index < -0.39 is 0 Å². The highest BCUT2D eigenvalue weighted by Crippen LogP contribution is 2.24. The third kappa shape index (κ3) is 5.47. The molecule has 1 aliphatic rings. The van der Waals surface area contributed by atoms with Crippen LogP contribution >= 0.6 is 0 Å². The Hall–Kier alpha value is -0.160. The van der Waals surface area contributed by atoms with E-state index in [4.69, 9.17) is 9.47 Å². The van der Waals surface area contributed by atoms with E-state index in [0.29, 0.717) is 6.61 Å². The standard InChI is InChI=1S/C11H24N2O2/c1-12-8-11(9-14-3)15-7-6-13(2)10-4-5-10/h10-12H,4-9H2,1-3H3. The Morgan fingerprint density at radius 2 is 2.20 bits per heavy atom. The van der Waals surface area contributed by atoms with Crippen LogP contribution in [0.25, 0.3) is 0 Å². The van der Waals surface area contributed by atoms with Gasteiger partial charge in [0.2, 0.25) is 0 Å². The van der Waals surface area contributed by atoms with Crippen LogP contribution in [0, 0.1) is 0 Å². The van der Waals surface area contributed by atoms with Crippen LogP contribution in [0.3, 0.4) is 0 Å². The van der Waals surface area contributed by atoms with Crippen LogP contribution in [0.5, 0.6) is 0 Å². The maximum absolute atomic E-state index is 5.74. The molecule has 0 amide bonds. The van der Waals surface area contributed by atoms with Gasteiger partial charge in [-0.15, -0.1) is 0 Å². The van der Waals surface area contributed by atoms with Gasteiger partial charge in [0.1, 0.15) is 0 Å². The Morgan fingerprint density at radius 1 is 1.47 bits per heavy atom. The SMILES string of the molecule is CNCC(COC)OCCN(C)C1CC1. The molecule has 0 spiro atoms. The van der Waals surface area contributed by atoms with E-state index in [0.717, 1.165) is 25.7 Å². The summed E-state index contributed by atoms with van der Waals surface area (Å²) in [5.41, 5.74) is 0. The predicted octanol–water partition coefficient (Wildman–Crippen LogP) is 0.332. The third-order valence-electron chi connectivity index (χ3n) is 2.75. The summed E-state index contributed by atoms with van der Waals surface area (Å²) in [6, 6.07) is 0.818. The Labute approximate surface area is 92.9 Å². The summed E-state index contributed by atoms with van der Waals surface area (Å²) in [6.07, 6.45) is 2.89. The van der Waals surface area contributed by atoms with Gasteiger partial charge in [0.25, 0.3) is 0 Å². The number of rotatable bonds is 9. The summed E-state index contributed by atoms with van der Waals surface area (Å²) in [7, 11) is 5.81. The fourth-order valence-electron chi connectivity index (χ4n) is 1.64. The summed E-state index contributed by atoms with van der Waals surface area (Å²) >= 11 is 0. The second-order valence-corrected chi connectivity index (χ2v) is 4.22. The molecule has 15 heavy (non-hydrogen) atoms. The van der Waals surface area contributed by atoms with E-state index >= 15 is 0 Å². The molecular weight excluding hydrogens is 192 g/mol. The summed E-state index contributed by atoms with van der Waals surface area (Å²) in [5, 5.41) is 3.11. The van der Waals surface area contributed by atoms with Crippen LogP contribution in [0.4, 0.5) is 0 Å². The molecule has 0 aromatic heterocycles. The first-order chi connectivity index (χ1) is 7.27. The molecule has 4 heteroatoms. The highest BCUT2D eigenvalue weighted by Gasteiger charge is 2.25. The van der Waals surface area contributed by atoms with Gasteiger partial charge in [-0.05, 0) is 26.9 Å². The molecular formula is C11H24N2O2. The van der Waals surface area contributed by atoms with Gasteiger partial charge in [0.15, 0.2) is 0 Å². The molecule has 4 nitrogen and oxygen atoms in total. The van der Waals surface area contributed by atoms with Crippen molar-refractivity contribution in [3.05, 3.63) is 0 Å². The molecule has 0 heterocycles. The minimum atomic E-state index is 0.174. The molecule has 1 N–H and O–H groups in total. The Bertz CT molecular complexity index is 157. The van der Waals surface area contributed by atoms with Crippen molar-refractivity contribution in [1.82, 2.24) is 10.2 Å². The highest BCUT2D eigenvalue weighted by molar-refractivity contribution is 4.82. The van der Waals surface area contributed by atoms with Crippen molar-refractivity contribution in [3.63, 3.8) is 0 Å². The molecule has 0 bridgehead atoms. The van der Waals surface area contributed by atoms with Gasteiger partial charge in [0, 0.05) is 26.2 Å². The molecule has 0 aromatic rings. The number of methoxy groups -OCH3 is 1. The van der Waals surface area contributed by atoms with Crippen molar-refractivity contribution in [2.45, 2.75) is 25.0 Å². The van der Waals surface area contributed by atoms with Crippen molar-refractivity contribution in [2.24, 2.45) is 0 Å². The average Bonchev–Trinajstić information content (AvgIpc) is 3.01. The van der Waals surface area contributed by atoms with Gasteiger partial charge < -0.3 is 19.7 Å². The lowest BCUT2D eigenvalue weighted by molar-refractivity contribution is -0.00672. The van der Waals surface area contributed by atoms with Crippen molar-refractivity contribution < 1.29 is 9.47 Å². The molecule has 1 saturated carbocycles. The number of nitrogens with one attached hydrogen (secondary N) is 1. The van der Waals surface area contributed by atoms with Crippen LogP contribution in [0.2, 0.25) is 0 Å².